The number of nitrogens with one attached hydrogen (secondary N) is 2. The average molecular weight is 285 g/mol. The van der Waals surface area contributed by atoms with Crippen molar-refractivity contribution in [2.24, 2.45) is 0 Å². The third-order valence-corrected chi connectivity index (χ3v) is 1.94. The van der Waals surface area contributed by atoms with E-state index in [0.29, 0.717) is 0 Å². The first-order valence-electron chi connectivity index (χ1n) is 9.47. The molecule has 1 atom stereocenters. The molecule has 0 bridgehead atoms. The number of carbonyl (C=O) groups is 2. The van der Waals surface area contributed by atoms with E-state index in [2.05, 4.69) is 5.32 Å². The smallest absolute Gasteiger partial charge is 0.408 e. The highest BCUT2D eigenvalue weighted by Crippen LogP contribution is 2.06. The van der Waals surface area contributed by atoms with Crippen LogP contribution in [0.1, 0.15) is 42.9 Å². The fourth-order valence-corrected chi connectivity index (χ4v) is 1.09. The van der Waals surface area contributed by atoms with Crippen molar-refractivity contribution in [3.63, 3.8) is 0 Å². The Morgan fingerprint density at radius 1 is 1.35 bits per heavy atom. The Kier molecular flexibility index (Phi) is 2.88. The standard InChI is InChI=1S/C15H22N2O3/c1-11(17-14(19)20-15(2,3)4)13(18)16-10-12-8-6-5-7-9-12/h5-9,11H,10H2,1-4H3,(H,16,18)(H,17,19)/t11-/m0/s1/i5D,6D,7D,8D,9D,10D2. The summed E-state index contributed by atoms with van der Waals surface area (Å²) in [4.78, 5) is 23.9. The van der Waals surface area contributed by atoms with Crippen LogP contribution in [0.25, 0.3) is 0 Å². The van der Waals surface area contributed by atoms with Crippen molar-refractivity contribution in [2.75, 3.05) is 0 Å². The first-order chi connectivity index (χ1) is 12.1. The van der Waals surface area contributed by atoms with Gasteiger partial charge in [0.1, 0.15) is 11.6 Å². The van der Waals surface area contributed by atoms with Gasteiger partial charge >= 0.3 is 6.09 Å². The summed E-state index contributed by atoms with van der Waals surface area (Å²) in [5.74, 6) is -0.960. The molecule has 0 unspecified atom stereocenters. The fourth-order valence-electron chi connectivity index (χ4n) is 1.09. The molecular weight excluding hydrogens is 256 g/mol. The molecule has 1 aromatic rings. The van der Waals surface area contributed by atoms with Crippen LogP contribution < -0.4 is 10.6 Å². The largest absolute Gasteiger partial charge is 0.444 e. The normalized spacial score (nSPS) is 18.1. The minimum absolute atomic E-state index is 0.671. The summed E-state index contributed by atoms with van der Waals surface area (Å²) >= 11 is 0. The number of amides is 2. The van der Waals surface area contributed by atoms with Crippen molar-refractivity contribution in [1.82, 2.24) is 10.6 Å². The lowest BCUT2D eigenvalue weighted by Crippen LogP contribution is -2.46. The number of hydrogen-bond donors (Lipinski definition) is 2. The molecule has 0 aliphatic carbocycles. The van der Waals surface area contributed by atoms with Crippen LogP contribution in [-0.2, 0) is 16.0 Å². The van der Waals surface area contributed by atoms with Crippen LogP contribution in [0.2, 0.25) is 0 Å². The molecule has 0 radical (unpaired) electrons. The molecule has 1 aromatic carbocycles. The van der Waals surface area contributed by atoms with E-state index in [0.717, 1.165) is 0 Å². The molecule has 2 amide bonds. The van der Waals surface area contributed by atoms with Gasteiger partial charge in [0.05, 0.1) is 9.60 Å². The van der Waals surface area contributed by atoms with Crippen LogP contribution in [-0.4, -0.2) is 23.6 Å². The second kappa shape index (κ2) is 6.93. The van der Waals surface area contributed by atoms with E-state index < -0.39 is 65.9 Å². The summed E-state index contributed by atoms with van der Waals surface area (Å²) in [6.07, 6.45) is -0.881. The maximum Gasteiger partial charge on any atom is 0.408 e. The van der Waals surface area contributed by atoms with Gasteiger partial charge in [-0.05, 0) is 33.3 Å². The molecule has 20 heavy (non-hydrogen) atoms. The Balaban J connectivity index is 3.04. The van der Waals surface area contributed by atoms with Gasteiger partial charge in [0.25, 0.3) is 0 Å². The quantitative estimate of drug-likeness (QED) is 0.891. The van der Waals surface area contributed by atoms with Crippen LogP contribution >= 0.6 is 0 Å². The molecule has 5 heteroatoms. The van der Waals surface area contributed by atoms with Crippen molar-refractivity contribution in [3.05, 3.63) is 35.8 Å². The molecule has 0 saturated heterocycles. The van der Waals surface area contributed by atoms with Gasteiger partial charge in [0.15, 0.2) is 0 Å². The number of hydrogen-bond acceptors (Lipinski definition) is 3. The van der Waals surface area contributed by atoms with E-state index in [4.69, 9.17) is 14.3 Å². The van der Waals surface area contributed by atoms with E-state index in [1.54, 1.807) is 20.8 Å². The zero-order valence-corrected chi connectivity index (χ0v) is 11.8. The van der Waals surface area contributed by atoms with Crippen LogP contribution in [0.4, 0.5) is 4.79 Å². The Hall–Kier alpha value is -2.04. The molecule has 2 N–H and O–H groups in total. The third kappa shape index (κ3) is 6.22. The second-order valence-electron chi connectivity index (χ2n) is 4.98. The van der Waals surface area contributed by atoms with Gasteiger partial charge in [0.2, 0.25) is 5.91 Å². The lowest BCUT2D eigenvalue weighted by atomic mass is 10.2. The van der Waals surface area contributed by atoms with Crippen LogP contribution in [0.15, 0.2) is 30.2 Å². The molecule has 110 valence electrons. The van der Waals surface area contributed by atoms with Gasteiger partial charge in [-0.3, -0.25) is 4.79 Å². The van der Waals surface area contributed by atoms with Crippen molar-refractivity contribution < 1.29 is 23.9 Å². The van der Waals surface area contributed by atoms with Crippen LogP contribution in [0, 0.1) is 0 Å². The lowest BCUT2D eigenvalue weighted by molar-refractivity contribution is -0.122. The topological polar surface area (TPSA) is 67.4 Å². The highest BCUT2D eigenvalue weighted by Gasteiger charge is 2.20. The molecular formula is C15H22N2O3. The summed E-state index contributed by atoms with van der Waals surface area (Å²) in [5.41, 5.74) is -1.49. The molecule has 0 aliphatic heterocycles. The van der Waals surface area contributed by atoms with E-state index in [1.165, 1.54) is 6.92 Å². The van der Waals surface area contributed by atoms with E-state index in [1.807, 2.05) is 5.32 Å². The molecule has 0 saturated carbocycles. The maximum atomic E-state index is 12.2. The molecule has 0 aromatic heterocycles. The molecule has 0 fully saturated rings. The van der Waals surface area contributed by atoms with E-state index >= 15 is 0 Å². The van der Waals surface area contributed by atoms with Gasteiger partial charge < -0.3 is 15.4 Å². The monoisotopic (exact) mass is 285 g/mol. The van der Waals surface area contributed by atoms with Gasteiger partial charge in [0, 0.05) is 6.50 Å². The molecule has 0 spiro atoms. The maximum absolute atomic E-state index is 12.2. The Labute approximate surface area is 129 Å². The van der Waals surface area contributed by atoms with Gasteiger partial charge in [-0.15, -0.1) is 0 Å². The molecule has 1 rings (SSSR count). The molecule has 0 aliphatic rings. The number of benzene rings is 1. The average Bonchev–Trinajstić information content (AvgIpc) is 2.48. The highest BCUT2D eigenvalue weighted by atomic mass is 16.6. The predicted octanol–water partition coefficient (Wildman–Crippen LogP) is 2.22. The van der Waals surface area contributed by atoms with Gasteiger partial charge in [-0.2, -0.15) is 0 Å². The van der Waals surface area contributed by atoms with Crippen LogP contribution in [0.5, 0.6) is 0 Å². The SMILES string of the molecule is [2H]c1c([2H])c([2H])c(C([2H])([2H])NC(=O)[C@H](C)NC(=O)OC(C)(C)C)c([2H])c1[2H]. The number of carbonyl (C=O) groups excluding carboxylic acids is 2. The summed E-state index contributed by atoms with van der Waals surface area (Å²) in [7, 11) is 0. The first-order valence-corrected chi connectivity index (χ1v) is 5.97. The molecule has 5 nitrogen and oxygen atoms in total. The first kappa shape index (κ1) is 8.29. The van der Waals surface area contributed by atoms with E-state index in [9.17, 15) is 9.59 Å². The summed E-state index contributed by atoms with van der Waals surface area (Å²) < 4.78 is 59.3. The highest BCUT2D eigenvalue weighted by molar-refractivity contribution is 5.85. The van der Waals surface area contributed by atoms with E-state index in [-0.39, 0.29) is 0 Å². The van der Waals surface area contributed by atoms with Crippen LogP contribution in [0.3, 0.4) is 0 Å². The minimum atomic E-state index is -2.77. The zero-order valence-electron chi connectivity index (χ0n) is 18.8. The minimum Gasteiger partial charge on any atom is -0.444 e. The van der Waals surface area contributed by atoms with Crippen molar-refractivity contribution in [1.29, 1.82) is 0 Å². The van der Waals surface area contributed by atoms with Crippen molar-refractivity contribution >= 4 is 12.0 Å². The number of rotatable bonds is 4. The summed E-state index contributed by atoms with van der Waals surface area (Å²) in [5, 5.41) is 4.19. The number of alkyl carbamates (subject to hydrolysis) is 1. The Bertz CT molecular complexity index is 734. The summed E-state index contributed by atoms with van der Waals surface area (Å²) in [6.45, 7) is 3.42. The van der Waals surface area contributed by atoms with Crippen molar-refractivity contribution in [2.45, 2.75) is 45.8 Å². The van der Waals surface area contributed by atoms with Crippen molar-refractivity contribution in [3.8, 4) is 0 Å². The zero-order chi connectivity index (χ0) is 21.3. The third-order valence-electron chi connectivity index (χ3n) is 1.94. The van der Waals surface area contributed by atoms with Gasteiger partial charge in [-0.25, -0.2) is 4.79 Å². The second-order valence-corrected chi connectivity index (χ2v) is 4.98. The molecule has 0 heterocycles. The Morgan fingerprint density at radius 2 is 1.95 bits per heavy atom. The number of ether oxygens (including phenoxy) is 1. The fraction of sp³-hybridized carbons (Fsp3) is 0.467. The summed E-state index contributed by atoms with van der Waals surface area (Å²) in [6, 6.07) is -4.83. The van der Waals surface area contributed by atoms with Gasteiger partial charge in [-0.1, -0.05) is 30.2 Å². The predicted molar refractivity (Wildman–Crippen MR) is 77.1 cm³/mol. The lowest BCUT2D eigenvalue weighted by Gasteiger charge is -2.21. The Morgan fingerprint density at radius 3 is 2.50 bits per heavy atom.